The first-order valence-corrected chi connectivity index (χ1v) is 9.27. The summed E-state index contributed by atoms with van der Waals surface area (Å²) in [7, 11) is 1.66. The van der Waals surface area contributed by atoms with Gasteiger partial charge in [0.05, 0.1) is 24.9 Å². The Morgan fingerprint density at radius 1 is 1.37 bits per heavy atom. The van der Waals surface area contributed by atoms with E-state index in [1.807, 2.05) is 20.0 Å². The summed E-state index contributed by atoms with van der Waals surface area (Å²) in [5, 5.41) is 10.7. The van der Waals surface area contributed by atoms with Crippen molar-refractivity contribution in [3.05, 3.63) is 33.7 Å². The van der Waals surface area contributed by atoms with E-state index in [0.717, 1.165) is 28.1 Å². The lowest BCUT2D eigenvalue weighted by atomic mass is 9.90. The van der Waals surface area contributed by atoms with E-state index in [1.165, 1.54) is 0 Å². The van der Waals surface area contributed by atoms with Crippen LogP contribution < -0.4 is 15.4 Å². The van der Waals surface area contributed by atoms with Crippen LogP contribution in [0.4, 0.5) is 11.8 Å². The van der Waals surface area contributed by atoms with Gasteiger partial charge in [-0.2, -0.15) is 4.98 Å². The Balaban J connectivity index is 1.99. The monoisotopic (exact) mass is 391 g/mol. The van der Waals surface area contributed by atoms with Crippen LogP contribution in [0.1, 0.15) is 48.6 Å². The molecule has 3 N–H and O–H groups in total. The summed E-state index contributed by atoms with van der Waals surface area (Å²) in [6.45, 7) is 8.76. The van der Waals surface area contributed by atoms with E-state index in [9.17, 15) is 5.11 Å². The number of methoxy groups -OCH3 is 1. The molecular weight excluding hydrogens is 366 g/mol. The van der Waals surface area contributed by atoms with E-state index < -0.39 is 5.60 Å². The van der Waals surface area contributed by atoms with Gasteiger partial charge < -0.3 is 20.5 Å². The highest BCUT2D eigenvalue weighted by atomic mass is 35.5. The molecular formula is C19H26ClN5O2. The Bertz CT molecular complexity index is 866. The number of fused-ring (bicyclic) bond motifs is 1. The number of nitrogens with zero attached hydrogens (tertiary/aromatic N) is 4. The minimum Gasteiger partial charge on any atom is -0.496 e. The molecule has 3 rings (SSSR count). The van der Waals surface area contributed by atoms with Crippen LogP contribution in [-0.4, -0.2) is 39.3 Å². The van der Waals surface area contributed by atoms with Crippen molar-refractivity contribution in [2.24, 2.45) is 0 Å². The van der Waals surface area contributed by atoms with Gasteiger partial charge in [0.2, 0.25) is 5.95 Å². The van der Waals surface area contributed by atoms with E-state index in [-0.39, 0.29) is 11.9 Å². The SMILES string of the molecule is COc1c(C)cnc(CN2CC(CC(C)(C)O)c3c(Cl)nc(N)nc32)c1C. The minimum absolute atomic E-state index is 0.0146. The van der Waals surface area contributed by atoms with Gasteiger partial charge in [-0.05, 0) is 34.1 Å². The second-order valence-electron chi connectivity index (χ2n) is 7.75. The number of rotatable bonds is 5. The molecule has 27 heavy (non-hydrogen) atoms. The molecule has 0 amide bonds. The molecule has 3 heterocycles. The van der Waals surface area contributed by atoms with Crippen molar-refractivity contribution in [3.63, 3.8) is 0 Å². The lowest BCUT2D eigenvalue weighted by molar-refractivity contribution is 0.0643. The van der Waals surface area contributed by atoms with Crippen LogP contribution in [0, 0.1) is 13.8 Å². The molecule has 1 unspecified atom stereocenters. The van der Waals surface area contributed by atoms with Crippen LogP contribution in [0.3, 0.4) is 0 Å². The Labute approximate surface area is 164 Å². The summed E-state index contributed by atoms with van der Waals surface area (Å²) < 4.78 is 5.52. The van der Waals surface area contributed by atoms with Crippen molar-refractivity contribution in [2.75, 3.05) is 24.3 Å². The number of ether oxygens (including phenoxy) is 1. The number of aliphatic hydroxyl groups is 1. The fourth-order valence-electron chi connectivity index (χ4n) is 3.80. The summed E-state index contributed by atoms with van der Waals surface area (Å²) in [4.78, 5) is 15.2. The van der Waals surface area contributed by atoms with Crippen LogP contribution in [0.5, 0.6) is 5.75 Å². The number of halogens is 1. The minimum atomic E-state index is -0.829. The van der Waals surface area contributed by atoms with Crippen molar-refractivity contribution < 1.29 is 9.84 Å². The maximum atomic E-state index is 10.3. The van der Waals surface area contributed by atoms with Crippen LogP contribution in [0.15, 0.2) is 6.20 Å². The van der Waals surface area contributed by atoms with Gasteiger partial charge in [-0.15, -0.1) is 0 Å². The van der Waals surface area contributed by atoms with Gasteiger partial charge >= 0.3 is 0 Å². The van der Waals surface area contributed by atoms with E-state index in [1.54, 1.807) is 21.0 Å². The highest BCUT2D eigenvalue weighted by Crippen LogP contribution is 2.43. The molecule has 0 fully saturated rings. The van der Waals surface area contributed by atoms with Gasteiger partial charge in [-0.3, -0.25) is 4.98 Å². The molecule has 0 bridgehead atoms. The molecule has 0 radical (unpaired) electrons. The molecule has 0 spiro atoms. The smallest absolute Gasteiger partial charge is 0.223 e. The molecule has 2 aromatic heterocycles. The molecule has 1 aliphatic rings. The van der Waals surface area contributed by atoms with Crippen molar-refractivity contribution in [1.29, 1.82) is 0 Å². The normalized spacial score (nSPS) is 16.6. The summed E-state index contributed by atoms with van der Waals surface area (Å²) in [5.74, 6) is 1.70. The molecule has 146 valence electrons. The summed E-state index contributed by atoms with van der Waals surface area (Å²) in [6.07, 6.45) is 2.36. The van der Waals surface area contributed by atoms with Crippen LogP contribution in [-0.2, 0) is 6.54 Å². The Morgan fingerprint density at radius 3 is 2.70 bits per heavy atom. The van der Waals surface area contributed by atoms with Crippen molar-refractivity contribution >= 4 is 23.4 Å². The highest BCUT2D eigenvalue weighted by molar-refractivity contribution is 6.30. The number of anilines is 2. The van der Waals surface area contributed by atoms with Gasteiger partial charge in [-0.1, -0.05) is 11.6 Å². The van der Waals surface area contributed by atoms with Gasteiger partial charge in [0.15, 0.2) is 0 Å². The number of nitrogen functional groups attached to an aromatic ring is 1. The molecule has 0 aromatic carbocycles. The number of hydrogen-bond donors (Lipinski definition) is 2. The van der Waals surface area contributed by atoms with Gasteiger partial charge in [0, 0.05) is 35.3 Å². The second-order valence-corrected chi connectivity index (χ2v) is 8.11. The topological polar surface area (TPSA) is 97.4 Å². The standard InChI is InChI=1S/C19H26ClN5O2/c1-10-7-22-13(11(2)15(10)27-5)9-25-8-12(6-19(3,4)26)14-16(20)23-18(21)24-17(14)25/h7,12,26H,6,8-9H2,1-5H3,(H2,21,23,24). The summed E-state index contributed by atoms with van der Waals surface area (Å²) in [6, 6.07) is 0. The highest BCUT2D eigenvalue weighted by Gasteiger charge is 2.36. The fraction of sp³-hybridized carbons (Fsp3) is 0.526. The van der Waals surface area contributed by atoms with Crippen molar-refractivity contribution in [3.8, 4) is 5.75 Å². The van der Waals surface area contributed by atoms with Crippen LogP contribution >= 0.6 is 11.6 Å². The zero-order chi connectivity index (χ0) is 19.9. The van der Waals surface area contributed by atoms with Crippen molar-refractivity contribution in [2.45, 2.75) is 52.2 Å². The van der Waals surface area contributed by atoms with Gasteiger partial charge in [-0.25, -0.2) is 4.98 Å². The third-order valence-corrected chi connectivity index (χ3v) is 5.17. The number of hydrogen-bond acceptors (Lipinski definition) is 7. The van der Waals surface area contributed by atoms with Crippen molar-refractivity contribution in [1.82, 2.24) is 15.0 Å². The maximum absolute atomic E-state index is 10.3. The van der Waals surface area contributed by atoms with E-state index >= 15 is 0 Å². The average molecular weight is 392 g/mol. The van der Waals surface area contributed by atoms with E-state index in [4.69, 9.17) is 22.1 Å². The molecule has 1 atom stereocenters. The first-order chi connectivity index (χ1) is 12.6. The second kappa shape index (κ2) is 7.13. The van der Waals surface area contributed by atoms with E-state index in [0.29, 0.717) is 30.5 Å². The molecule has 0 saturated carbocycles. The van der Waals surface area contributed by atoms with Gasteiger partial charge in [0.1, 0.15) is 16.7 Å². The third-order valence-electron chi connectivity index (χ3n) is 4.88. The summed E-state index contributed by atoms with van der Waals surface area (Å²) in [5.41, 5.74) is 8.74. The molecule has 7 nitrogen and oxygen atoms in total. The first-order valence-electron chi connectivity index (χ1n) is 8.90. The molecule has 8 heteroatoms. The predicted molar refractivity (Wildman–Crippen MR) is 106 cm³/mol. The first kappa shape index (κ1) is 19.6. The largest absolute Gasteiger partial charge is 0.496 e. The number of pyridine rings is 1. The maximum Gasteiger partial charge on any atom is 0.223 e. The third kappa shape index (κ3) is 3.94. The molecule has 0 saturated heterocycles. The fourth-order valence-corrected chi connectivity index (χ4v) is 4.13. The van der Waals surface area contributed by atoms with Gasteiger partial charge in [0.25, 0.3) is 0 Å². The summed E-state index contributed by atoms with van der Waals surface area (Å²) >= 11 is 6.39. The zero-order valence-electron chi connectivity index (χ0n) is 16.4. The van der Waals surface area contributed by atoms with Crippen LogP contribution in [0.25, 0.3) is 0 Å². The Morgan fingerprint density at radius 2 is 2.07 bits per heavy atom. The average Bonchev–Trinajstić information content (AvgIpc) is 2.86. The zero-order valence-corrected chi connectivity index (χ0v) is 17.1. The molecule has 0 aliphatic carbocycles. The number of aryl methyl sites for hydroxylation is 1. The quantitative estimate of drug-likeness (QED) is 0.756. The Hall–Kier alpha value is -2.12. The molecule has 2 aromatic rings. The predicted octanol–water partition coefficient (Wildman–Crippen LogP) is 3.00. The van der Waals surface area contributed by atoms with Crippen LogP contribution in [0.2, 0.25) is 5.15 Å². The lowest BCUT2D eigenvalue weighted by Gasteiger charge is -2.23. The number of aromatic nitrogens is 3. The Kier molecular flexibility index (Phi) is 5.18. The molecule has 1 aliphatic heterocycles. The lowest BCUT2D eigenvalue weighted by Crippen LogP contribution is -2.27. The van der Waals surface area contributed by atoms with E-state index in [2.05, 4.69) is 19.9 Å². The number of nitrogens with two attached hydrogens (primary N) is 1.